The second-order valence-electron chi connectivity index (χ2n) is 6.55. The van der Waals surface area contributed by atoms with E-state index in [0.717, 1.165) is 0 Å². The monoisotopic (exact) mass is 328 g/mol. The molecule has 2 rings (SSSR count). The SMILES string of the molecule is CC1OC2(CCN(C)CC2)CC1N(C)C.O=C(O)/C=C\C(=O)O. The molecule has 2 aliphatic heterocycles. The summed E-state index contributed by atoms with van der Waals surface area (Å²) in [7, 11) is 6.53. The Morgan fingerprint density at radius 2 is 1.65 bits per heavy atom. The Morgan fingerprint density at radius 3 is 2.00 bits per heavy atom. The van der Waals surface area contributed by atoms with E-state index < -0.39 is 11.9 Å². The highest BCUT2D eigenvalue weighted by Crippen LogP contribution is 2.39. The first-order chi connectivity index (χ1) is 10.6. The van der Waals surface area contributed by atoms with Gasteiger partial charge in [-0.3, -0.25) is 0 Å². The molecule has 2 saturated heterocycles. The van der Waals surface area contributed by atoms with E-state index in [1.165, 1.54) is 32.4 Å². The molecule has 0 amide bonds. The number of likely N-dealkylation sites (N-methyl/N-ethyl adjacent to an activating group) is 1. The molecule has 0 aromatic carbocycles. The molecule has 0 aromatic rings. The molecule has 132 valence electrons. The largest absolute Gasteiger partial charge is 0.478 e. The summed E-state index contributed by atoms with van der Waals surface area (Å²) in [5.41, 5.74) is 0.195. The lowest BCUT2D eigenvalue weighted by Gasteiger charge is -2.37. The molecule has 0 saturated carbocycles. The quantitative estimate of drug-likeness (QED) is 0.744. The fraction of sp³-hybridized carbons (Fsp3) is 0.750. The zero-order chi connectivity index (χ0) is 17.6. The number of carboxylic acid groups (broad SMARTS) is 2. The average molecular weight is 328 g/mol. The highest BCUT2D eigenvalue weighted by Gasteiger charge is 2.46. The van der Waals surface area contributed by atoms with Gasteiger partial charge in [0.05, 0.1) is 11.7 Å². The normalized spacial score (nSPS) is 27.2. The molecule has 0 bridgehead atoms. The molecule has 0 aromatic heterocycles. The molecule has 2 fully saturated rings. The van der Waals surface area contributed by atoms with E-state index in [0.29, 0.717) is 24.3 Å². The number of likely N-dealkylation sites (tertiary alicyclic amines) is 1. The molecule has 7 heteroatoms. The van der Waals surface area contributed by atoms with E-state index in [9.17, 15) is 9.59 Å². The maximum absolute atomic E-state index is 9.55. The van der Waals surface area contributed by atoms with Crippen LogP contribution in [0.2, 0.25) is 0 Å². The smallest absolute Gasteiger partial charge is 0.328 e. The van der Waals surface area contributed by atoms with Gasteiger partial charge < -0.3 is 24.7 Å². The highest BCUT2D eigenvalue weighted by atomic mass is 16.5. The third kappa shape index (κ3) is 6.29. The molecular weight excluding hydrogens is 300 g/mol. The lowest BCUT2D eigenvalue weighted by molar-refractivity contribution is -0.134. The molecule has 2 aliphatic rings. The van der Waals surface area contributed by atoms with Gasteiger partial charge in [-0.15, -0.1) is 0 Å². The number of carboxylic acids is 2. The minimum atomic E-state index is -1.26. The first-order valence-electron chi connectivity index (χ1n) is 7.82. The van der Waals surface area contributed by atoms with Crippen LogP contribution < -0.4 is 0 Å². The van der Waals surface area contributed by atoms with Crippen molar-refractivity contribution < 1.29 is 24.5 Å². The third-order valence-electron chi connectivity index (χ3n) is 4.49. The van der Waals surface area contributed by atoms with Crippen LogP contribution in [0.3, 0.4) is 0 Å². The highest BCUT2D eigenvalue weighted by molar-refractivity contribution is 5.89. The molecule has 2 atom stereocenters. The number of carbonyl (C=O) groups is 2. The Labute approximate surface area is 137 Å². The summed E-state index contributed by atoms with van der Waals surface area (Å²) in [6.45, 7) is 4.59. The second-order valence-corrected chi connectivity index (χ2v) is 6.55. The van der Waals surface area contributed by atoms with Crippen molar-refractivity contribution in [2.45, 2.75) is 43.9 Å². The van der Waals surface area contributed by atoms with E-state index in [-0.39, 0.29) is 5.60 Å². The van der Waals surface area contributed by atoms with Crippen LogP contribution in [0.15, 0.2) is 12.2 Å². The van der Waals surface area contributed by atoms with Crippen molar-refractivity contribution >= 4 is 11.9 Å². The average Bonchev–Trinajstić information content (AvgIpc) is 2.78. The summed E-state index contributed by atoms with van der Waals surface area (Å²) in [6.07, 6.45) is 5.14. The topological polar surface area (TPSA) is 90.3 Å². The van der Waals surface area contributed by atoms with Gasteiger partial charge in [-0.2, -0.15) is 0 Å². The molecule has 2 N–H and O–H groups in total. The summed E-state index contributed by atoms with van der Waals surface area (Å²) in [6, 6.07) is 0.605. The number of aliphatic carboxylic acids is 2. The minimum absolute atomic E-state index is 0.195. The van der Waals surface area contributed by atoms with Crippen LogP contribution in [-0.4, -0.2) is 83.9 Å². The molecule has 0 radical (unpaired) electrons. The van der Waals surface area contributed by atoms with E-state index in [4.69, 9.17) is 14.9 Å². The number of nitrogens with zero attached hydrogens (tertiary/aromatic N) is 2. The minimum Gasteiger partial charge on any atom is -0.478 e. The van der Waals surface area contributed by atoms with Gasteiger partial charge in [-0.25, -0.2) is 9.59 Å². The summed E-state index contributed by atoms with van der Waals surface area (Å²) >= 11 is 0. The maximum atomic E-state index is 9.55. The molecule has 0 aliphatic carbocycles. The van der Waals surface area contributed by atoms with Crippen LogP contribution in [0.1, 0.15) is 26.2 Å². The van der Waals surface area contributed by atoms with Crippen molar-refractivity contribution in [1.29, 1.82) is 0 Å². The van der Waals surface area contributed by atoms with Gasteiger partial charge in [0.2, 0.25) is 0 Å². The number of piperidine rings is 1. The number of ether oxygens (including phenoxy) is 1. The van der Waals surface area contributed by atoms with Crippen LogP contribution in [0.5, 0.6) is 0 Å². The summed E-state index contributed by atoms with van der Waals surface area (Å²) < 4.78 is 6.24. The van der Waals surface area contributed by atoms with Gasteiger partial charge in [0.25, 0.3) is 0 Å². The predicted molar refractivity (Wildman–Crippen MR) is 86.5 cm³/mol. The first kappa shape index (κ1) is 19.6. The Balaban J connectivity index is 0.000000284. The van der Waals surface area contributed by atoms with Crippen LogP contribution in [0.4, 0.5) is 0 Å². The third-order valence-corrected chi connectivity index (χ3v) is 4.49. The van der Waals surface area contributed by atoms with E-state index in [1.807, 2.05) is 0 Å². The lowest BCUT2D eigenvalue weighted by Crippen LogP contribution is -2.43. The van der Waals surface area contributed by atoms with Gasteiger partial charge >= 0.3 is 11.9 Å². The van der Waals surface area contributed by atoms with Gasteiger partial charge in [0, 0.05) is 31.3 Å². The molecule has 7 nitrogen and oxygen atoms in total. The van der Waals surface area contributed by atoms with Crippen molar-refractivity contribution in [3.8, 4) is 0 Å². The maximum Gasteiger partial charge on any atom is 0.328 e. The first-order valence-corrected chi connectivity index (χ1v) is 7.82. The van der Waals surface area contributed by atoms with Gasteiger partial charge in [-0.05, 0) is 47.3 Å². The van der Waals surface area contributed by atoms with E-state index in [2.05, 4.69) is 37.9 Å². The van der Waals surface area contributed by atoms with Crippen molar-refractivity contribution in [3.63, 3.8) is 0 Å². The van der Waals surface area contributed by atoms with Crippen LogP contribution in [0, 0.1) is 0 Å². The predicted octanol–water partition coefficient (Wildman–Crippen LogP) is 0.902. The Bertz CT molecular complexity index is 426. The van der Waals surface area contributed by atoms with Gasteiger partial charge in [0.1, 0.15) is 0 Å². The lowest BCUT2D eigenvalue weighted by atomic mass is 9.87. The molecule has 2 heterocycles. The van der Waals surface area contributed by atoms with Crippen LogP contribution in [-0.2, 0) is 14.3 Å². The van der Waals surface area contributed by atoms with Crippen LogP contribution in [0.25, 0.3) is 0 Å². The standard InChI is InChI=1S/C12H24N2O.C4H4O4/c1-10-11(13(2)3)9-12(15-10)5-7-14(4)8-6-12;5-3(6)1-2-4(7)8/h10-11H,5-9H2,1-4H3;1-2H,(H,5,6)(H,7,8)/b;2-1-. The van der Waals surface area contributed by atoms with Crippen molar-refractivity contribution in [2.75, 3.05) is 34.2 Å². The summed E-state index contributed by atoms with van der Waals surface area (Å²) in [4.78, 5) is 23.8. The summed E-state index contributed by atoms with van der Waals surface area (Å²) in [5.74, 6) is -2.51. The van der Waals surface area contributed by atoms with Crippen molar-refractivity contribution in [3.05, 3.63) is 12.2 Å². The fourth-order valence-corrected chi connectivity index (χ4v) is 3.16. The van der Waals surface area contributed by atoms with Gasteiger partial charge in [0.15, 0.2) is 0 Å². The molecule has 2 unspecified atom stereocenters. The Hall–Kier alpha value is -1.44. The second kappa shape index (κ2) is 8.42. The van der Waals surface area contributed by atoms with Crippen molar-refractivity contribution in [1.82, 2.24) is 9.80 Å². The Kier molecular flexibility index (Phi) is 7.18. The Morgan fingerprint density at radius 1 is 1.17 bits per heavy atom. The molecule has 1 spiro atoms. The van der Waals surface area contributed by atoms with E-state index in [1.54, 1.807) is 0 Å². The molecular formula is C16H28N2O5. The molecule has 23 heavy (non-hydrogen) atoms. The fourth-order valence-electron chi connectivity index (χ4n) is 3.16. The number of rotatable bonds is 3. The summed E-state index contributed by atoms with van der Waals surface area (Å²) in [5, 5.41) is 15.6. The van der Waals surface area contributed by atoms with Gasteiger partial charge in [-0.1, -0.05) is 0 Å². The van der Waals surface area contributed by atoms with Crippen molar-refractivity contribution in [2.24, 2.45) is 0 Å². The van der Waals surface area contributed by atoms with E-state index >= 15 is 0 Å². The zero-order valence-corrected chi connectivity index (χ0v) is 14.4. The van der Waals surface area contributed by atoms with Crippen LogP contribution >= 0.6 is 0 Å². The number of hydrogen-bond acceptors (Lipinski definition) is 5. The number of hydrogen-bond donors (Lipinski definition) is 2. The zero-order valence-electron chi connectivity index (χ0n) is 14.4.